The second-order valence-corrected chi connectivity index (χ2v) is 4.09. The zero-order valence-corrected chi connectivity index (χ0v) is 8.85. The molecule has 1 heterocycles. The van der Waals surface area contributed by atoms with Crippen molar-refractivity contribution in [3.8, 4) is 0 Å². The van der Waals surface area contributed by atoms with Gasteiger partial charge in [-0.15, -0.1) is 0 Å². The maximum Gasteiger partial charge on any atom is 0.306 e. The van der Waals surface area contributed by atoms with Crippen molar-refractivity contribution in [2.45, 2.75) is 25.3 Å². The van der Waals surface area contributed by atoms with Gasteiger partial charge in [-0.3, -0.25) is 14.6 Å². The Hall–Kier alpha value is -1.65. The third-order valence-electron chi connectivity index (χ3n) is 2.90. The van der Waals surface area contributed by atoms with Crippen molar-refractivity contribution in [1.29, 1.82) is 0 Å². The van der Waals surface area contributed by atoms with E-state index in [2.05, 4.69) is 16.4 Å². The maximum absolute atomic E-state index is 11.6. The van der Waals surface area contributed by atoms with Gasteiger partial charge in [0, 0.05) is 24.6 Å². The van der Waals surface area contributed by atoms with Crippen molar-refractivity contribution in [2.75, 3.05) is 6.54 Å². The molecule has 5 heteroatoms. The first-order valence-electron chi connectivity index (χ1n) is 5.38. The summed E-state index contributed by atoms with van der Waals surface area (Å²) in [5.74, 6) is -1.02. The first-order chi connectivity index (χ1) is 7.66. The smallest absolute Gasteiger partial charge is 0.306 e. The lowest BCUT2D eigenvalue weighted by atomic mass is 9.92. The molecule has 0 radical (unpaired) electrons. The van der Waals surface area contributed by atoms with Gasteiger partial charge >= 0.3 is 5.97 Å². The van der Waals surface area contributed by atoms with Gasteiger partial charge < -0.3 is 10.4 Å². The van der Waals surface area contributed by atoms with Crippen molar-refractivity contribution >= 4 is 17.6 Å². The molecule has 5 nitrogen and oxygen atoms in total. The Bertz CT molecular complexity index is 373. The lowest BCUT2D eigenvalue weighted by molar-refractivity contribution is -0.139. The molecule has 0 saturated heterocycles. The molecule has 0 saturated carbocycles. The van der Waals surface area contributed by atoms with Crippen molar-refractivity contribution in [1.82, 2.24) is 5.32 Å². The Balaban J connectivity index is 2.19. The van der Waals surface area contributed by atoms with Crippen molar-refractivity contribution in [3.05, 3.63) is 12.2 Å². The summed E-state index contributed by atoms with van der Waals surface area (Å²) in [6.07, 6.45) is 5.47. The number of nitrogens with one attached hydrogen (secondary N) is 1. The van der Waals surface area contributed by atoms with E-state index in [1.807, 2.05) is 6.08 Å². The first-order valence-corrected chi connectivity index (χ1v) is 5.38. The lowest BCUT2D eigenvalue weighted by Crippen LogP contribution is -2.35. The molecule has 0 spiro atoms. The predicted molar refractivity (Wildman–Crippen MR) is 58.3 cm³/mol. The average molecular weight is 222 g/mol. The number of carbonyl (C=O) groups is 2. The second kappa shape index (κ2) is 4.47. The molecule has 1 aliphatic carbocycles. The third kappa shape index (κ3) is 2.29. The fourth-order valence-electron chi connectivity index (χ4n) is 2.03. The number of allylic oxidation sites excluding steroid dienone is 2. The zero-order valence-electron chi connectivity index (χ0n) is 8.85. The van der Waals surface area contributed by atoms with Crippen LogP contribution in [0.2, 0.25) is 0 Å². The van der Waals surface area contributed by atoms with Crippen molar-refractivity contribution < 1.29 is 14.7 Å². The molecule has 2 rings (SSSR count). The Morgan fingerprint density at radius 2 is 2.38 bits per heavy atom. The molecule has 2 atom stereocenters. The van der Waals surface area contributed by atoms with Gasteiger partial charge in [0.15, 0.2) is 0 Å². The van der Waals surface area contributed by atoms with Gasteiger partial charge in [0.25, 0.3) is 0 Å². The molecule has 2 N–H and O–H groups in total. The van der Waals surface area contributed by atoms with Crippen LogP contribution in [0, 0.1) is 5.92 Å². The highest BCUT2D eigenvalue weighted by Crippen LogP contribution is 2.19. The van der Waals surface area contributed by atoms with E-state index < -0.39 is 12.0 Å². The quantitative estimate of drug-likeness (QED) is 0.662. The molecule has 2 aliphatic rings. The van der Waals surface area contributed by atoms with E-state index in [4.69, 9.17) is 5.11 Å². The number of carboxylic acids is 1. The lowest BCUT2D eigenvalue weighted by Gasteiger charge is -2.17. The van der Waals surface area contributed by atoms with E-state index in [9.17, 15) is 9.59 Å². The third-order valence-corrected chi connectivity index (χ3v) is 2.90. The van der Waals surface area contributed by atoms with Gasteiger partial charge in [-0.05, 0) is 6.42 Å². The van der Waals surface area contributed by atoms with Gasteiger partial charge in [-0.2, -0.15) is 0 Å². The molecule has 0 aromatic rings. The molecule has 86 valence electrons. The van der Waals surface area contributed by atoms with E-state index in [0.29, 0.717) is 6.54 Å². The minimum absolute atomic E-state index is 0.230. The minimum Gasteiger partial charge on any atom is -0.481 e. The molecular weight excluding hydrogens is 208 g/mol. The van der Waals surface area contributed by atoms with Crippen LogP contribution in [0.4, 0.5) is 0 Å². The van der Waals surface area contributed by atoms with Gasteiger partial charge in [-0.1, -0.05) is 12.2 Å². The Morgan fingerprint density at radius 1 is 1.56 bits per heavy atom. The van der Waals surface area contributed by atoms with Crippen LogP contribution in [0.5, 0.6) is 0 Å². The Labute approximate surface area is 93.2 Å². The fraction of sp³-hybridized carbons (Fsp3) is 0.545. The van der Waals surface area contributed by atoms with Crippen LogP contribution in [0.25, 0.3) is 0 Å². The number of carboxylic acid groups (broad SMARTS) is 1. The molecule has 16 heavy (non-hydrogen) atoms. The summed E-state index contributed by atoms with van der Waals surface area (Å²) >= 11 is 0. The largest absolute Gasteiger partial charge is 0.481 e. The second-order valence-electron chi connectivity index (χ2n) is 4.09. The average Bonchev–Trinajstić information content (AvgIpc) is 2.39. The number of aliphatic imine (C=N–C) groups is 1. The Kier molecular flexibility index (Phi) is 3.03. The summed E-state index contributed by atoms with van der Waals surface area (Å²) in [6, 6.07) is -0.760. The molecule has 0 aromatic carbocycles. The van der Waals surface area contributed by atoms with E-state index in [-0.39, 0.29) is 18.2 Å². The molecule has 0 aromatic heterocycles. The summed E-state index contributed by atoms with van der Waals surface area (Å²) in [7, 11) is 0. The fourth-order valence-corrected chi connectivity index (χ4v) is 2.03. The van der Waals surface area contributed by atoms with Gasteiger partial charge in [-0.25, -0.2) is 0 Å². The van der Waals surface area contributed by atoms with Crippen LogP contribution in [0.3, 0.4) is 0 Å². The van der Waals surface area contributed by atoms with Crippen LogP contribution < -0.4 is 5.32 Å². The maximum atomic E-state index is 11.6. The number of hydrogen-bond acceptors (Lipinski definition) is 3. The predicted octanol–water partition coefficient (Wildman–Crippen LogP) is 0.367. The van der Waals surface area contributed by atoms with Crippen LogP contribution in [-0.2, 0) is 9.59 Å². The molecule has 2 unspecified atom stereocenters. The highest BCUT2D eigenvalue weighted by atomic mass is 16.4. The SMILES string of the molecule is O=C(O)CC1N=C2CC=CCC2CNC1=O. The number of carbonyl (C=O) groups excluding carboxylic acids is 1. The Morgan fingerprint density at radius 3 is 3.12 bits per heavy atom. The normalized spacial score (nSPS) is 28.8. The molecular formula is C11H14N2O3. The number of aliphatic carboxylic acids is 1. The van der Waals surface area contributed by atoms with E-state index >= 15 is 0 Å². The summed E-state index contributed by atoms with van der Waals surface area (Å²) in [6.45, 7) is 0.568. The van der Waals surface area contributed by atoms with Crippen LogP contribution >= 0.6 is 0 Å². The highest BCUT2D eigenvalue weighted by Gasteiger charge is 2.28. The van der Waals surface area contributed by atoms with Crippen LogP contribution in [0.1, 0.15) is 19.3 Å². The standard InChI is InChI=1S/C11H14N2O3/c14-10(15)5-9-11(16)12-6-7-3-1-2-4-8(7)13-9/h1-2,7,9H,3-6H2,(H,12,16)(H,14,15). The van der Waals surface area contributed by atoms with Crippen LogP contribution in [0.15, 0.2) is 17.1 Å². The summed E-state index contributed by atoms with van der Waals surface area (Å²) in [5.41, 5.74) is 0.951. The van der Waals surface area contributed by atoms with Crippen molar-refractivity contribution in [2.24, 2.45) is 10.9 Å². The van der Waals surface area contributed by atoms with E-state index in [0.717, 1.165) is 18.6 Å². The summed E-state index contributed by atoms with van der Waals surface area (Å²) < 4.78 is 0. The number of rotatable bonds is 2. The molecule has 0 bridgehead atoms. The van der Waals surface area contributed by atoms with Gasteiger partial charge in [0.1, 0.15) is 6.04 Å². The topological polar surface area (TPSA) is 78.8 Å². The summed E-state index contributed by atoms with van der Waals surface area (Å²) in [5, 5.41) is 11.5. The number of hydrogen-bond donors (Lipinski definition) is 2. The van der Waals surface area contributed by atoms with Gasteiger partial charge in [0.2, 0.25) is 5.91 Å². The zero-order chi connectivity index (χ0) is 11.5. The number of fused-ring (bicyclic) bond motifs is 1. The number of amides is 1. The van der Waals surface area contributed by atoms with Crippen molar-refractivity contribution in [3.63, 3.8) is 0 Å². The number of nitrogens with zero attached hydrogens (tertiary/aromatic N) is 1. The monoisotopic (exact) mass is 222 g/mol. The highest BCUT2D eigenvalue weighted by molar-refractivity contribution is 5.96. The molecule has 0 fully saturated rings. The van der Waals surface area contributed by atoms with E-state index in [1.165, 1.54) is 0 Å². The van der Waals surface area contributed by atoms with E-state index in [1.54, 1.807) is 0 Å². The van der Waals surface area contributed by atoms with Gasteiger partial charge in [0.05, 0.1) is 6.42 Å². The molecule has 1 amide bonds. The first kappa shape index (κ1) is 10.9. The summed E-state index contributed by atoms with van der Waals surface area (Å²) in [4.78, 5) is 26.5. The van der Waals surface area contributed by atoms with Crippen LogP contribution in [-0.4, -0.2) is 35.3 Å². The molecule has 1 aliphatic heterocycles. The minimum atomic E-state index is -0.991.